The number of pyridine rings is 2. The van der Waals surface area contributed by atoms with Crippen LogP contribution in [0.5, 0.6) is 11.5 Å². The molecule has 2 aromatic carbocycles. The van der Waals surface area contributed by atoms with Crippen LogP contribution in [0.3, 0.4) is 0 Å². The Morgan fingerprint density at radius 3 is 2.43 bits per heavy atom. The second kappa shape index (κ2) is 14.5. The lowest BCUT2D eigenvalue weighted by Gasteiger charge is -2.29. The summed E-state index contributed by atoms with van der Waals surface area (Å²) in [6, 6.07) is 9.43. The molecule has 46 heavy (non-hydrogen) atoms. The van der Waals surface area contributed by atoms with Crippen molar-refractivity contribution in [1.82, 2.24) is 9.55 Å². The number of carbonyl (C=O) groups is 1. The van der Waals surface area contributed by atoms with Crippen molar-refractivity contribution in [2.45, 2.75) is 12.3 Å². The van der Waals surface area contributed by atoms with E-state index in [1.165, 1.54) is 36.5 Å². The average molecular weight is 681 g/mol. The van der Waals surface area contributed by atoms with Crippen molar-refractivity contribution in [1.29, 1.82) is 0 Å². The number of halogens is 3. The third-order valence-electron chi connectivity index (χ3n) is 6.27. The first-order valence-corrected chi connectivity index (χ1v) is 14.9. The quantitative estimate of drug-likeness (QED) is 0.129. The Labute approximate surface area is 264 Å². The molecule has 2 aromatic heterocycles. The van der Waals surface area contributed by atoms with Crippen molar-refractivity contribution in [2.75, 3.05) is 30.9 Å². The van der Waals surface area contributed by atoms with Crippen LogP contribution in [-0.4, -0.2) is 51.0 Å². The second-order valence-corrected chi connectivity index (χ2v) is 11.6. The molecule has 1 atom stereocenters. The first-order chi connectivity index (χ1) is 21.7. The van der Waals surface area contributed by atoms with Gasteiger partial charge in [-0.1, -0.05) is 23.7 Å². The number of phosphoric ester groups is 1. The minimum Gasteiger partial charge on any atom is -0.756 e. The van der Waals surface area contributed by atoms with E-state index >= 15 is 0 Å². The maximum absolute atomic E-state index is 14.9. The lowest BCUT2D eigenvalue weighted by atomic mass is 10.0. The summed E-state index contributed by atoms with van der Waals surface area (Å²) in [7, 11) is -5.10. The van der Waals surface area contributed by atoms with Crippen LogP contribution in [0, 0.1) is 11.6 Å². The molecule has 0 spiro atoms. The lowest BCUT2D eigenvalue weighted by Crippen LogP contribution is -2.51. The van der Waals surface area contributed by atoms with Crippen LogP contribution in [-0.2, 0) is 20.3 Å². The molecule has 1 unspecified atom stereocenters. The molecular formula is C28H26ClF2N5O9P-. The monoisotopic (exact) mass is 680 g/mol. The third-order valence-corrected chi connectivity index (χ3v) is 7.53. The number of anilines is 2. The summed E-state index contributed by atoms with van der Waals surface area (Å²) in [4.78, 5) is 42.7. The van der Waals surface area contributed by atoms with Gasteiger partial charge in [-0.2, -0.15) is 0 Å². The predicted octanol–water partition coefficient (Wildman–Crippen LogP) is 2.61. The highest BCUT2D eigenvalue weighted by Crippen LogP contribution is 2.39. The minimum absolute atomic E-state index is 0.0300. The van der Waals surface area contributed by atoms with E-state index in [1.807, 2.05) is 0 Å². The van der Waals surface area contributed by atoms with E-state index < -0.39 is 68.4 Å². The number of hydrogen-bond acceptors (Lipinski definition) is 12. The smallest absolute Gasteiger partial charge is 0.269 e. The molecule has 244 valence electrons. The maximum atomic E-state index is 14.9. The van der Waals surface area contributed by atoms with Crippen LogP contribution in [0.4, 0.5) is 20.3 Å². The van der Waals surface area contributed by atoms with Gasteiger partial charge in [-0.05, 0) is 29.8 Å². The van der Waals surface area contributed by atoms with Crippen molar-refractivity contribution < 1.29 is 47.0 Å². The molecule has 0 aliphatic carbocycles. The fourth-order valence-corrected chi connectivity index (χ4v) is 4.64. The number of nitrogens with one attached hydrogen (secondary N) is 1. The summed E-state index contributed by atoms with van der Waals surface area (Å²) in [5.41, 5.74) is 8.08. The number of nitrogens with zero attached hydrogens (tertiary/aromatic N) is 2. The van der Waals surface area contributed by atoms with Gasteiger partial charge in [-0.15, -0.1) is 0 Å². The number of hydrogen-bond donors (Lipinski definition) is 5. The zero-order valence-corrected chi connectivity index (χ0v) is 25.2. The fraction of sp³-hybridized carbons (Fsp3) is 0.179. The van der Waals surface area contributed by atoms with Crippen LogP contribution in [0.25, 0.3) is 11.1 Å². The molecule has 0 aliphatic heterocycles. The fourth-order valence-electron chi connectivity index (χ4n) is 3.72. The van der Waals surface area contributed by atoms with Gasteiger partial charge in [0.15, 0.2) is 17.3 Å². The number of rotatable bonds is 13. The van der Waals surface area contributed by atoms with Crippen LogP contribution in [0.1, 0.15) is 10.4 Å². The zero-order valence-electron chi connectivity index (χ0n) is 23.6. The van der Waals surface area contributed by atoms with Gasteiger partial charge in [0.25, 0.3) is 13.7 Å². The normalized spacial score (nSPS) is 12.8. The number of aliphatic hydroxyl groups is 2. The van der Waals surface area contributed by atoms with Crippen molar-refractivity contribution in [3.05, 3.63) is 99.6 Å². The van der Waals surface area contributed by atoms with Gasteiger partial charge in [0, 0.05) is 42.0 Å². The van der Waals surface area contributed by atoms with Gasteiger partial charge in [-0.25, -0.2) is 13.8 Å². The molecule has 1 amide bonds. The van der Waals surface area contributed by atoms with Crippen LogP contribution >= 0.6 is 19.4 Å². The first kappa shape index (κ1) is 34.6. The summed E-state index contributed by atoms with van der Waals surface area (Å²) in [6.07, 6.45) is 3.44. The van der Waals surface area contributed by atoms with Crippen molar-refractivity contribution >= 4 is 36.8 Å². The van der Waals surface area contributed by atoms with Gasteiger partial charge >= 0.3 is 0 Å². The Morgan fingerprint density at radius 2 is 1.78 bits per heavy atom. The van der Waals surface area contributed by atoms with E-state index in [2.05, 4.69) is 14.8 Å². The summed E-state index contributed by atoms with van der Waals surface area (Å²) in [5, 5.41) is 20.8. The maximum Gasteiger partial charge on any atom is 0.269 e. The topological polar surface area (TPSA) is 224 Å². The molecule has 18 heteroatoms. The number of aromatic nitrogens is 2. The number of ether oxygens (including phenoxy) is 1. The average Bonchev–Trinajstić information content (AvgIpc) is 3.03. The van der Waals surface area contributed by atoms with E-state index in [0.29, 0.717) is 0 Å². The van der Waals surface area contributed by atoms with E-state index in [9.17, 15) is 38.0 Å². The van der Waals surface area contributed by atoms with E-state index in [1.54, 1.807) is 0 Å². The van der Waals surface area contributed by atoms with Crippen molar-refractivity contribution in [2.24, 2.45) is 5.73 Å². The second-order valence-electron chi connectivity index (χ2n) is 9.80. The molecule has 2 heterocycles. The summed E-state index contributed by atoms with van der Waals surface area (Å²) in [6.45, 7) is -3.22. The SMILES string of the molecule is Nc1nccc(Oc2ccc(NC(=O)c3cn(COP(=O)([O-])OCC(N)(CO)CO)cc(-c4ccc(F)cc4)c3=O)cc2F)c1Cl. The van der Waals surface area contributed by atoms with Gasteiger partial charge in [0.2, 0.25) is 5.43 Å². The molecule has 4 aromatic rings. The standard InChI is InChI=1S/C28H27ClF2N5O9P/c29-24-23(7-8-34-26(24)32)45-22-6-5-18(9-21(22)31)35-27(40)20-11-36(10-19(25(20)39)16-1-3-17(30)4-2-16)15-44-46(41,42)43-14-28(33,12-37)13-38/h1-11,37-38H,12-15,33H2,(H2,32,34)(H,35,40)(H,41,42)/p-1. The number of benzene rings is 2. The molecule has 0 aliphatic rings. The lowest BCUT2D eigenvalue weighted by molar-refractivity contribution is -0.230. The van der Waals surface area contributed by atoms with Gasteiger partial charge < -0.3 is 45.7 Å². The molecule has 4 rings (SSSR count). The number of nitrogen functional groups attached to an aromatic ring is 1. The number of amides is 1. The Balaban J connectivity index is 1.59. The molecule has 0 saturated carbocycles. The highest BCUT2D eigenvalue weighted by atomic mass is 35.5. The number of nitrogens with two attached hydrogens (primary N) is 2. The Hall–Kier alpha value is -4.25. The zero-order chi connectivity index (χ0) is 33.6. The van der Waals surface area contributed by atoms with E-state index in [0.717, 1.165) is 35.2 Å². The highest BCUT2D eigenvalue weighted by molar-refractivity contribution is 7.45. The van der Waals surface area contributed by atoms with Gasteiger partial charge in [-0.3, -0.25) is 18.7 Å². The largest absolute Gasteiger partial charge is 0.756 e. The summed E-state index contributed by atoms with van der Waals surface area (Å²) >= 11 is 6.03. The molecule has 0 bridgehead atoms. The van der Waals surface area contributed by atoms with Crippen LogP contribution in [0.2, 0.25) is 5.02 Å². The Kier molecular flexibility index (Phi) is 10.9. The number of carbonyl (C=O) groups excluding carboxylic acids is 1. The minimum atomic E-state index is -5.10. The summed E-state index contributed by atoms with van der Waals surface area (Å²) in [5.74, 6) is -2.79. The Bertz CT molecular complexity index is 1840. The predicted molar refractivity (Wildman–Crippen MR) is 160 cm³/mol. The number of aliphatic hydroxyl groups excluding tert-OH is 2. The van der Waals surface area contributed by atoms with E-state index in [-0.39, 0.29) is 39.2 Å². The van der Waals surface area contributed by atoms with Crippen molar-refractivity contribution in [3.63, 3.8) is 0 Å². The van der Waals surface area contributed by atoms with Crippen LogP contribution < -0.4 is 31.8 Å². The molecule has 14 nitrogen and oxygen atoms in total. The first-order valence-electron chi connectivity index (χ1n) is 13.0. The molecule has 0 radical (unpaired) electrons. The van der Waals surface area contributed by atoms with E-state index in [4.69, 9.17) is 32.3 Å². The number of phosphoric acid groups is 1. The molecule has 0 saturated heterocycles. The Morgan fingerprint density at radius 1 is 1.09 bits per heavy atom. The van der Waals surface area contributed by atoms with Gasteiger partial charge in [0.05, 0.1) is 25.4 Å². The highest BCUT2D eigenvalue weighted by Gasteiger charge is 2.26. The van der Waals surface area contributed by atoms with Crippen LogP contribution in [0.15, 0.2) is 71.9 Å². The third kappa shape index (κ3) is 8.51. The van der Waals surface area contributed by atoms with Gasteiger partial charge in [0.1, 0.15) is 29.0 Å². The summed E-state index contributed by atoms with van der Waals surface area (Å²) < 4.78 is 56.8. The van der Waals surface area contributed by atoms with Crippen molar-refractivity contribution in [3.8, 4) is 22.6 Å². The molecular weight excluding hydrogens is 655 g/mol. The molecule has 0 fully saturated rings. The molecule has 7 N–H and O–H groups in total.